The molecule has 170 valence electrons. The van der Waals surface area contributed by atoms with Gasteiger partial charge in [0.1, 0.15) is 0 Å². The van der Waals surface area contributed by atoms with Crippen molar-refractivity contribution >= 4 is 11.7 Å². The number of hydrogen-bond acceptors (Lipinski definition) is 5. The topological polar surface area (TPSA) is 68.1 Å². The third-order valence-corrected chi connectivity index (χ3v) is 6.44. The SMILES string of the molecule is Cn1c(N2CCCC(C(=O)c3ccc(-c4ccccc4)cc3)C2)nc(-c2ccncc2)cc1=O. The molecule has 34 heavy (non-hydrogen) atoms. The molecular formula is C28H26N4O2. The number of rotatable bonds is 5. The van der Waals surface area contributed by atoms with E-state index in [1.807, 2.05) is 54.6 Å². The molecule has 1 aliphatic heterocycles. The minimum absolute atomic E-state index is 0.123. The van der Waals surface area contributed by atoms with Crippen LogP contribution in [-0.2, 0) is 7.05 Å². The van der Waals surface area contributed by atoms with E-state index in [1.165, 1.54) is 0 Å². The first-order valence-corrected chi connectivity index (χ1v) is 11.5. The Hall–Kier alpha value is -4.06. The number of piperidine rings is 1. The number of ketones is 1. The van der Waals surface area contributed by atoms with Crippen molar-refractivity contribution in [1.82, 2.24) is 14.5 Å². The van der Waals surface area contributed by atoms with Crippen molar-refractivity contribution in [3.8, 4) is 22.4 Å². The van der Waals surface area contributed by atoms with Gasteiger partial charge in [0.15, 0.2) is 5.78 Å². The summed E-state index contributed by atoms with van der Waals surface area (Å²) in [6.07, 6.45) is 5.07. The van der Waals surface area contributed by atoms with E-state index < -0.39 is 0 Å². The van der Waals surface area contributed by atoms with Crippen LogP contribution in [0.5, 0.6) is 0 Å². The highest BCUT2D eigenvalue weighted by Gasteiger charge is 2.28. The van der Waals surface area contributed by atoms with Gasteiger partial charge >= 0.3 is 0 Å². The smallest absolute Gasteiger partial charge is 0.255 e. The third-order valence-electron chi connectivity index (χ3n) is 6.44. The molecule has 1 fully saturated rings. The number of benzene rings is 2. The van der Waals surface area contributed by atoms with Crippen LogP contribution in [0.15, 0.2) is 90.0 Å². The van der Waals surface area contributed by atoms with Crippen LogP contribution in [0.25, 0.3) is 22.4 Å². The van der Waals surface area contributed by atoms with Crippen molar-refractivity contribution in [1.29, 1.82) is 0 Å². The number of pyridine rings is 1. The second kappa shape index (κ2) is 9.43. The lowest BCUT2D eigenvalue weighted by atomic mass is 9.89. The average Bonchev–Trinajstić information content (AvgIpc) is 2.91. The molecule has 3 heterocycles. The largest absolute Gasteiger partial charge is 0.341 e. The van der Waals surface area contributed by atoms with Gasteiger partial charge in [0, 0.05) is 55.6 Å². The molecule has 6 heteroatoms. The van der Waals surface area contributed by atoms with Crippen LogP contribution in [0.1, 0.15) is 23.2 Å². The van der Waals surface area contributed by atoms with Crippen LogP contribution in [-0.4, -0.2) is 33.4 Å². The number of Topliss-reactive ketones (excluding diaryl/α,β-unsaturated/α-hetero) is 1. The summed E-state index contributed by atoms with van der Waals surface area (Å²) in [7, 11) is 1.73. The number of aromatic nitrogens is 3. The number of carbonyl (C=O) groups is 1. The minimum atomic E-state index is -0.141. The highest BCUT2D eigenvalue weighted by atomic mass is 16.1. The maximum Gasteiger partial charge on any atom is 0.255 e. The lowest BCUT2D eigenvalue weighted by molar-refractivity contribution is 0.0906. The van der Waals surface area contributed by atoms with Crippen LogP contribution >= 0.6 is 0 Å². The van der Waals surface area contributed by atoms with E-state index in [1.54, 1.807) is 30.1 Å². The zero-order valence-electron chi connectivity index (χ0n) is 19.1. The molecule has 0 N–H and O–H groups in total. The molecule has 1 atom stereocenters. The van der Waals surface area contributed by atoms with Gasteiger partial charge in [-0.05, 0) is 36.1 Å². The fourth-order valence-corrected chi connectivity index (χ4v) is 4.55. The number of anilines is 1. The van der Waals surface area contributed by atoms with Crippen molar-refractivity contribution in [3.63, 3.8) is 0 Å². The normalized spacial score (nSPS) is 15.8. The van der Waals surface area contributed by atoms with Gasteiger partial charge < -0.3 is 4.90 Å². The van der Waals surface area contributed by atoms with Crippen LogP contribution in [0, 0.1) is 5.92 Å². The molecule has 0 amide bonds. The fourth-order valence-electron chi connectivity index (χ4n) is 4.55. The molecule has 4 aromatic rings. The lowest BCUT2D eigenvalue weighted by Crippen LogP contribution is -2.41. The van der Waals surface area contributed by atoms with Gasteiger partial charge in [-0.2, -0.15) is 0 Å². The van der Waals surface area contributed by atoms with Crippen LogP contribution in [0.2, 0.25) is 0 Å². The van der Waals surface area contributed by atoms with E-state index in [9.17, 15) is 9.59 Å². The third kappa shape index (κ3) is 4.39. The van der Waals surface area contributed by atoms with Crippen molar-refractivity contribution < 1.29 is 4.79 Å². The zero-order valence-corrected chi connectivity index (χ0v) is 19.1. The van der Waals surface area contributed by atoms with Crippen LogP contribution in [0.4, 0.5) is 5.95 Å². The monoisotopic (exact) mass is 450 g/mol. The van der Waals surface area contributed by atoms with E-state index in [2.05, 4.69) is 22.0 Å². The van der Waals surface area contributed by atoms with Gasteiger partial charge in [0.05, 0.1) is 5.69 Å². The van der Waals surface area contributed by atoms with Crippen molar-refractivity contribution in [2.75, 3.05) is 18.0 Å². The summed E-state index contributed by atoms with van der Waals surface area (Å²) in [5, 5.41) is 0. The number of hydrogen-bond donors (Lipinski definition) is 0. The molecule has 0 bridgehead atoms. The Morgan fingerprint density at radius 2 is 1.62 bits per heavy atom. The first kappa shape index (κ1) is 21.8. The Morgan fingerprint density at radius 1 is 0.912 bits per heavy atom. The molecule has 6 nitrogen and oxygen atoms in total. The number of nitrogens with zero attached hydrogens (tertiary/aromatic N) is 4. The summed E-state index contributed by atoms with van der Waals surface area (Å²) in [5.74, 6) is 0.591. The zero-order chi connectivity index (χ0) is 23.5. The average molecular weight is 451 g/mol. The van der Waals surface area contributed by atoms with E-state index in [4.69, 9.17) is 4.98 Å². The number of carbonyl (C=O) groups excluding carboxylic acids is 1. The van der Waals surface area contributed by atoms with Crippen molar-refractivity contribution in [2.45, 2.75) is 12.8 Å². The molecule has 1 aliphatic rings. The molecule has 2 aromatic heterocycles. The molecular weight excluding hydrogens is 424 g/mol. The summed E-state index contributed by atoms with van der Waals surface area (Å²) < 4.78 is 1.56. The molecule has 5 rings (SSSR count). The van der Waals surface area contributed by atoms with Gasteiger partial charge in [-0.1, -0.05) is 54.6 Å². The predicted molar refractivity (Wildman–Crippen MR) is 134 cm³/mol. The first-order chi connectivity index (χ1) is 16.6. The Balaban J connectivity index is 1.37. The Bertz CT molecular complexity index is 1350. The lowest BCUT2D eigenvalue weighted by Gasteiger charge is -2.33. The maximum absolute atomic E-state index is 13.3. The molecule has 2 aromatic carbocycles. The van der Waals surface area contributed by atoms with Gasteiger partial charge in [0.2, 0.25) is 5.95 Å². The van der Waals surface area contributed by atoms with Gasteiger partial charge in [-0.15, -0.1) is 0 Å². The van der Waals surface area contributed by atoms with E-state index >= 15 is 0 Å². The van der Waals surface area contributed by atoms with Gasteiger partial charge in [-0.3, -0.25) is 19.1 Å². The molecule has 0 aliphatic carbocycles. The summed E-state index contributed by atoms with van der Waals surface area (Å²) >= 11 is 0. The maximum atomic E-state index is 13.3. The quantitative estimate of drug-likeness (QED) is 0.416. The molecule has 0 radical (unpaired) electrons. The highest BCUT2D eigenvalue weighted by Crippen LogP contribution is 2.27. The van der Waals surface area contributed by atoms with Crippen molar-refractivity contribution in [3.05, 3.63) is 101 Å². The molecule has 1 saturated heterocycles. The van der Waals surface area contributed by atoms with Crippen molar-refractivity contribution in [2.24, 2.45) is 13.0 Å². The molecule has 0 saturated carbocycles. The van der Waals surface area contributed by atoms with E-state index in [0.29, 0.717) is 18.2 Å². The van der Waals surface area contributed by atoms with Gasteiger partial charge in [-0.25, -0.2) is 4.98 Å². The highest BCUT2D eigenvalue weighted by molar-refractivity contribution is 5.98. The molecule has 0 spiro atoms. The standard InChI is InChI=1S/C28H26N4O2/c1-31-26(33)18-25(22-13-15-29-16-14-22)30-28(31)32-17-5-8-24(19-32)27(34)23-11-9-21(10-12-23)20-6-3-2-4-7-20/h2-4,6-7,9-16,18,24H,5,8,17,19H2,1H3. The Kier molecular flexibility index (Phi) is 6.04. The van der Waals surface area contributed by atoms with Gasteiger partial charge in [0.25, 0.3) is 5.56 Å². The first-order valence-electron chi connectivity index (χ1n) is 11.5. The predicted octanol–water partition coefficient (Wildman–Crippen LogP) is 4.61. The second-order valence-electron chi connectivity index (χ2n) is 8.67. The van der Waals surface area contributed by atoms with E-state index in [-0.39, 0.29) is 17.3 Å². The minimum Gasteiger partial charge on any atom is -0.341 e. The fraction of sp³-hybridized carbons (Fsp3) is 0.214. The summed E-state index contributed by atoms with van der Waals surface area (Å²) in [4.78, 5) is 36.9. The molecule has 1 unspecified atom stereocenters. The Morgan fingerprint density at radius 3 is 2.35 bits per heavy atom. The summed E-state index contributed by atoms with van der Waals surface area (Å²) in [5.41, 5.74) is 4.28. The van der Waals surface area contributed by atoms with Crippen LogP contribution < -0.4 is 10.5 Å². The van der Waals surface area contributed by atoms with Crippen LogP contribution in [0.3, 0.4) is 0 Å². The summed E-state index contributed by atoms with van der Waals surface area (Å²) in [6.45, 7) is 1.30. The Labute approximate surface area is 198 Å². The summed E-state index contributed by atoms with van der Waals surface area (Å²) in [6, 6.07) is 23.2. The van der Waals surface area contributed by atoms with E-state index in [0.717, 1.165) is 41.6 Å². The second-order valence-corrected chi connectivity index (χ2v) is 8.67.